The van der Waals surface area contributed by atoms with E-state index in [-0.39, 0.29) is 40.3 Å². The molecule has 4 fully saturated rings. The summed E-state index contributed by atoms with van der Waals surface area (Å²) in [4.78, 5) is 34.0. The molecule has 2 N–H and O–H groups in total. The fourth-order valence-electron chi connectivity index (χ4n) is 8.38. The maximum Gasteiger partial charge on any atom is 0.257 e. The Labute approximate surface area is 270 Å². The quantitative estimate of drug-likeness (QED) is 0.382. The van der Waals surface area contributed by atoms with E-state index in [0.29, 0.717) is 36.9 Å². The van der Waals surface area contributed by atoms with Gasteiger partial charge in [-0.2, -0.15) is 11.8 Å². The van der Waals surface area contributed by atoms with Crippen LogP contribution in [-0.2, 0) is 38.9 Å². The van der Waals surface area contributed by atoms with Gasteiger partial charge in [-0.1, -0.05) is 0 Å². The number of nitrogens with one attached hydrogen (secondary N) is 2. The van der Waals surface area contributed by atoms with Crippen molar-refractivity contribution < 1.29 is 17.9 Å². The minimum Gasteiger partial charge on any atom is -0.376 e. The van der Waals surface area contributed by atoms with E-state index < -0.39 is 21.8 Å². The van der Waals surface area contributed by atoms with E-state index in [2.05, 4.69) is 28.9 Å². The molecule has 1 aromatic rings. The van der Waals surface area contributed by atoms with E-state index in [1.54, 1.807) is 16.3 Å². The summed E-state index contributed by atoms with van der Waals surface area (Å²) < 4.78 is 34.2. The van der Waals surface area contributed by atoms with Gasteiger partial charge in [0.2, 0.25) is 15.9 Å². The molecule has 2 saturated heterocycles. The third-order valence-electron chi connectivity index (χ3n) is 10.8. The summed E-state index contributed by atoms with van der Waals surface area (Å²) in [7, 11) is -1.42. The SMILES string of the molecule is Cc1nc2c(c(=O)n1CCOC1CCC(Cl)CC1C1CC(C)NC3C(C(=O)NS(C)(=O)=O)CSC13)C[C@H](N(C)C1CC1)CC2. The lowest BCUT2D eigenvalue weighted by atomic mass is 9.70. The Hall–Kier alpha value is -1.18. The largest absolute Gasteiger partial charge is 0.376 e. The molecule has 246 valence electrons. The molecule has 9 atom stereocenters. The molecule has 0 bridgehead atoms. The smallest absolute Gasteiger partial charge is 0.257 e. The number of halogens is 1. The van der Waals surface area contributed by atoms with E-state index >= 15 is 0 Å². The zero-order valence-electron chi connectivity index (χ0n) is 26.3. The summed E-state index contributed by atoms with van der Waals surface area (Å²) in [5.41, 5.74) is 1.93. The molecular weight excluding hydrogens is 622 g/mol. The number of carbonyl (C=O) groups is 1. The molecule has 5 aliphatic rings. The maximum atomic E-state index is 13.7. The number of hydrogen-bond donors (Lipinski definition) is 2. The van der Waals surface area contributed by atoms with Gasteiger partial charge < -0.3 is 15.0 Å². The highest BCUT2D eigenvalue weighted by Gasteiger charge is 2.52. The van der Waals surface area contributed by atoms with Gasteiger partial charge in [0.05, 0.1) is 37.1 Å². The van der Waals surface area contributed by atoms with Crippen molar-refractivity contribution in [3.8, 4) is 0 Å². The Morgan fingerprint density at radius 2 is 1.95 bits per heavy atom. The topological polar surface area (TPSA) is 123 Å². The number of carbonyl (C=O) groups excluding carboxylic acids is 1. The second-order valence-corrected chi connectivity index (χ2v) is 17.5. The molecule has 10 nitrogen and oxygen atoms in total. The number of alkyl halides is 1. The fraction of sp³-hybridized carbons (Fsp3) is 0.839. The van der Waals surface area contributed by atoms with Crippen LogP contribution in [0.4, 0.5) is 0 Å². The lowest BCUT2D eigenvalue weighted by Gasteiger charge is -2.47. The Kier molecular flexibility index (Phi) is 9.78. The van der Waals surface area contributed by atoms with Crippen molar-refractivity contribution in [2.45, 2.75) is 119 Å². The van der Waals surface area contributed by atoms with Gasteiger partial charge in [-0.3, -0.25) is 18.9 Å². The van der Waals surface area contributed by atoms with Crippen LogP contribution in [0, 0.1) is 24.7 Å². The standard InChI is InChI=1S/C31H48ClN5O5S2/c1-17-13-23(29-28(33-17)25(16-43-29)30(38)35-44(4,40)41)22-14-19(32)5-10-27(22)42-12-11-37-18(2)34-26-9-8-21(15-24(26)31(37)39)36(3)20-6-7-20/h17,19-23,25,27-29,33H,5-16H2,1-4H3,(H,35,38)/t17?,19?,21-,22?,23?,25?,27?,28?,29?/m1/s1. The minimum absolute atomic E-state index is 0.0172. The van der Waals surface area contributed by atoms with Crippen LogP contribution in [-0.4, -0.2) is 95.3 Å². The van der Waals surface area contributed by atoms with E-state index in [1.165, 1.54) is 12.8 Å². The molecule has 2 aliphatic heterocycles. The normalized spacial score (nSPS) is 35.7. The Balaban J connectivity index is 1.14. The molecule has 6 rings (SSSR count). The highest BCUT2D eigenvalue weighted by molar-refractivity contribution is 8.00. The first kappa shape index (κ1) is 32.7. The van der Waals surface area contributed by atoms with Gasteiger partial charge in [-0.25, -0.2) is 13.4 Å². The second kappa shape index (κ2) is 13.1. The van der Waals surface area contributed by atoms with Crippen LogP contribution >= 0.6 is 23.4 Å². The number of aryl methyl sites for hydroxylation is 2. The van der Waals surface area contributed by atoms with Crippen molar-refractivity contribution in [2.75, 3.05) is 25.7 Å². The Bertz CT molecular complexity index is 1400. The number of amides is 1. The van der Waals surface area contributed by atoms with Gasteiger partial charge >= 0.3 is 0 Å². The van der Waals surface area contributed by atoms with Gasteiger partial charge in [0.25, 0.3) is 5.56 Å². The number of rotatable bonds is 9. The first-order chi connectivity index (χ1) is 20.9. The van der Waals surface area contributed by atoms with Crippen molar-refractivity contribution in [3.05, 3.63) is 27.4 Å². The van der Waals surface area contributed by atoms with Crippen molar-refractivity contribution in [2.24, 2.45) is 17.8 Å². The van der Waals surface area contributed by atoms with E-state index in [0.717, 1.165) is 68.3 Å². The van der Waals surface area contributed by atoms with Crippen LogP contribution in [0.15, 0.2) is 4.79 Å². The van der Waals surface area contributed by atoms with Crippen molar-refractivity contribution in [1.29, 1.82) is 0 Å². The zero-order chi connectivity index (χ0) is 31.3. The van der Waals surface area contributed by atoms with Gasteiger partial charge in [0.15, 0.2) is 0 Å². The molecule has 13 heteroatoms. The van der Waals surface area contributed by atoms with Crippen molar-refractivity contribution in [3.63, 3.8) is 0 Å². The monoisotopic (exact) mass is 669 g/mol. The number of likely N-dealkylation sites (N-methyl/N-ethyl adjacent to an activating group) is 1. The average Bonchev–Trinajstić information content (AvgIpc) is 3.72. The van der Waals surface area contributed by atoms with E-state index in [1.807, 2.05) is 6.92 Å². The molecule has 2 saturated carbocycles. The third kappa shape index (κ3) is 7.05. The molecule has 3 heterocycles. The van der Waals surface area contributed by atoms with Crippen LogP contribution < -0.4 is 15.6 Å². The molecule has 3 aliphatic carbocycles. The number of ether oxygens (including phenoxy) is 1. The number of aromatic nitrogens is 2. The minimum atomic E-state index is -3.62. The zero-order valence-corrected chi connectivity index (χ0v) is 28.7. The summed E-state index contributed by atoms with van der Waals surface area (Å²) >= 11 is 8.52. The number of thioether (sulfide) groups is 1. The first-order valence-electron chi connectivity index (χ1n) is 16.4. The molecule has 0 radical (unpaired) electrons. The van der Waals surface area contributed by atoms with Crippen LogP contribution in [0.1, 0.15) is 69.0 Å². The van der Waals surface area contributed by atoms with E-state index in [4.69, 9.17) is 21.3 Å². The summed E-state index contributed by atoms with van der Waals surface area (Å²) in [6, 6.07) is 1.17. The summed E-state index contributed by atoms with van der Waals surface area (Å²) in [5, 5.41) is 3.87. The predicted octanol–water partition coefficient (Wildman–Crippen LogP) is 2.47. The lowest BCUT2D eigenvalue weighted by molar-refractivity contribution is -0.123. The lowest BCUT2D eigenvalue weighted by Crippen LogP contribution is -2.58. The molecular formula is C31H48ClN5O5S2. The van der Waals surface area contributed by atoms with Crippen LogP contribution in [0.3, 0.4) is 0 Å². The second-order valence-electron chi connectivity index (χ2n) is 14.0. The Morgan fingerprint density at radius 1 is 1.18 bits per heavy atom. The summed E-state index contributed by atoms with van der Waals surface area (Å²) in [6.45, 7) is 4.97. The molecule has 8 unspecified atom stereocenters. The number of nitrogens with zero attached hydrogens (tertiary/aromatic N) is 3. The van der Waals surface area contributed by atoms with Gasteiger partial charge in [0.1, 0.15) is 5.82 Å². The van der Waals surface area contributed by atoms with Crippen molar-refractivity contribution >= 4 is 39.3 Å². The number of sulfonamides is 1. The molecule has 44 heavy (non-hydrogen) atoms. The number of piperidine rings is 1. The van der Waals surface area contributed by atoms with Crippen molar-refractivity contribution in [1.82, 2.24) is 24.5 Å². The van der Waals surface area contributed by atoms with Gasteiger partial charge in [-0.15, -0.1) is 11.6 Å². The van der Waals surface area contributed by atoms with Crippen LogP contribution in [0.2, 0.25) is 0 Å². The van der Waals surface area contributed by atoms with Crippen LogP contribution in [0.5, 0.6) is 0 Å². The highest BCUT2D eigenvalue weighted by atomic mass is 35.5. The predicted molar refractivity (Wildman–Crippen MR) is 174 cm³/mol. The Morgan fingerprint density at radius 3 is 2.68 bits per heavy atom. The number of hydrogen-bond acceptors (Lipinski definition) is 9. The van der Waals surface area contributed by atoms with Gasteiger partial charge in [-0.05, 0) is 90.5 Å². The fourth-order valence-corrected chi connectivity index (χ4v) is 11.1. The first-order valence-corrected chi connectivity index (χ1v) is 19.7. The average molecular weight is 670 g/mol. The third-order valence-corrected chi connectivity index (χ3v) is 13.3. The van der Waals surface area contributed by atoms with Gasteiger partial charge in [0, 0.05) is 46.1 Å². The maximum absolute atomic E-state index is 13.7. The molecule has 1 amide bonds. The molecule has 0 aromatic carbocycles. The summed E-state index contributed by atoms with van der Waals surface area (Å²) in [5.74, 6) is 1.02. The van der Waals surface area contributed by atoms with Crippen LogP contribution in [0.25, 0.3) is 0 Å². The number of fused-ring (bicyclic) bond motifs is 2. The summed E-state index contributed by atoms with van der Waals surface area (Å²) in [6.07, 6.45) is 9.80. The molecule has 0 spiro atoms. The molecule has 1 aromatic heterocycles. The highest BCUT2D eigenvalue weighted by Crippen LogP contribution is 2.48. The van der Waals surface area contributed by atoms with E-state index in [9.17, 15) is 18.0 Å².